The fourth-order valence-corrected chi connectivity index (χ4v) is 13.4. The highest BCUT2D eigenvalue weighted by molar-refractivity contribution is 5.95. The maximum absolute atomic E-state index is 14.9. The summed E-state index contributed by atoms with van der Waals surface area (Å²) in [6.07, 6.45) is 2.02. The number of alkyl halides is 7. The number of ether oxygens (including phenoxy) is 1. The Morgan fingerprint density at radius 3 is 1.06 bits per heavy atom. The molecule has 16 rings (SSSR count). The van der Waals surface area contributed by atoms with E-state index in [0.717, 1.165) is 36.0 Å². The van der Waals surface area contributed by atoms with Crippen LogP contribution in [0.3, 0.4) is 0 Å². The number of imidazole rings is 2. The molecule has 12 N–H and O–H groups in total. The van der Waals surface area contributed by atoms with Crippen LogP contribution in [0.5, 0.6) is 0 Å². The molecular weight excluding hydrogens is 1620 g/mol. The summed E-state index contributed by atoms with van der Waals surface area (Å²) in [5, 5.41) is 10.7. The van der Waals surface area contributed by atoms with Gasteiger partial charge in [0.25, 0.3) is 0 Å². The molecule has 4 saturated heterocycles. The summed E-state index contributed by atoms with van der Waals surface area (Å²) < 4.78 is 152. The zero-order valence-corrected chi connectivity index (χ0v) is 65.9. The first kappa shape index (κ1) is 86.4. The van der Waals surface area contributed by atoms with E-state index < -0.39 is 46.8 Å². The number of carbonyl (C=O) groups is 4. The number of nitrogens with two attached hydrogens (primary N) is 4. The molecule has 0 aliphatic carbocycles. The highest BCUT2D eigenvalue weighted by Crippen LogP contribution is 2.36. The maximum atomic E-state index is 14.9. The van der Waals surface area contributed by atoms with E-state index in [1.807, 2.05) is 17.8 Å². The topological polar surface area (TPSA) is 369 Å². The summed E-state index contributed by atoms with van der Waals surface area (Å²) in [5.41, 5.74) is 26.8. The van der Waals surface area contributed by atoms with Crippen molar-refractivity contribution in [2.45, 2.75) is 49.3 Å². The lowest BCUT2D eigenvalue weighted by Gasteiger charge is -2.48. The van der Waals surface area contributed by atoms with Gasteiger partial charge in [0.05, 0.1) is 82.8 Å². The Morgan fingerprint density at radius 1 is 0.415 bits per heavy atom. The summed E-state index contributed by atoms with van der Waals surface area (Å²) in [5.74, 6) is 1.37. The number of methoxy groups -OCH3 is 1. The summed E-state index contributed by atoms with van der Waals surface area (Å²) in [7, 11) is 5.37. The number of pyridine rings is 5. The van der Waals surface area contributed by atoms with Crippen LogP contribution in [-0.2, 0) is 56.9 Å². The number of amides is 8. The predicted molar refractivity (Wildman–Crippen MR) is 437 cm³/mol. The molecule has 12 aromatic rings. The number of halogens is 11. The van der Waals surface area contributed by atoms with Crippen LogP contribution < -0.4 is 44.2 Å². The molecule has 39 heteroatoms. The summed E-state index contributed by atoms with van der Waals surface area (Å²) >= 11 is 0. The average Bonchev–Trinajstić information content (AvgIpc) is 1.69. The Hall–Kier alpha value is -14.4. The van der Waals surface area contributed by atoms with E-state index in [-0.39, 0.29) is 107 Å². The number of aromatic nitrogens is 11. The largest absolute Gasteiger partial charge is 0.419 e. The highest BCUT2D eigenvalue weighted by Gasteiger charge is 2.48. The van der Waals surface area contributed by atoms with Crippen LogP contribution >= 0.6 is 0 Å². The minimum Gasteiger partial charge on any atom is -0.396 e. The highest BCUT2D eigenvalue weighted by atomic mass is 19.4. The Balaban J connectivity index is 0.000000141. The number of hydrogen-bond donors (Lipinski definition) is 8. The molecule has 638 valence electrons. The molecule has 12 heterocycles. The van der Waals surface area contributed by atoms with Crippen molar-refractivity contribution in [2.24, 2.45) is 25.9 Å². The Kier molecular flexibility index (Phi) is 25.8. The molecule has 0 bridgehead atoms. The third-order valence-electron chi connectivity index (χ3n) is 20.5. The van der Waals surface area contributed by atoms with Gasteiger partial charge in [0.2, 0.25) is 0 Å². The SMILES string of the molecule is COC1(Cc2nccn2C)CN(C(=O)Nc2nc(-c3ccc(F)cc3)ccc2N)C1.Cn1ccnc1CC1(F)CN(C(=O)Nc2nc(-c3ccc(F)cc3)ccc2N)C1.Nc1ccc(-c2ccc(F)cc2)nc1NC(=O)N1CC(Cc2ccc(C(F)(F)F)cn2)C1.Nc1ccc(-c2ccc(F)cc2)nc1NC(=O)N1CC(Cc2ncc(C(F)(F)F)cn2)C1. The van der Waals surface area contributed by atoms with E-state index in [1.54, 1.807) is 144 Å². The number of nitrogens with zero attached hydrogens (tertiary/aromatic N) is 15. The van der Waals surface area contributed by atoms with Crippen LogP contribution in [0.15, 0.2) is 201 Å². The lowest BCUT2D eigenvalue weighted by molar-refractivity contribution is -0.138. The standard InChI is InChI=1S/C22H19F4N5O.C21H18F4N6O.C21H23FN6O2.C20H20F2N6O/c23-16-4-1-14(2-5-16)19-8-7-18(27)20(29-19)30-21(32)31-11-13(12-31)9-17-6-3-15(10-28-17)22(24,25)26;22-15-3-1-13(2-4-15)17-6-5-16(26)19(29-17)30-20(32)31-10-12(11-31)7-18-27-8-14(9-28-18)21(23,24)25;1-27-10-9-24-18(27)11-21(30-2)12-28(13-21)20(29)26-19-16(23)7-8-17(25-19)14-3-5-15(22)6-4-14;1-27-9-8-24-17(27)10-20(22)11-28(12-20)19(29)26-18-15(23)6-7-16(25-18)13-2-4-14(21)5-3-13/h1-8,10,13H,9,11-12,27H2,(H,29,30,32);1-6,8-9,12H,7,10-11,26H2,(H,29,30,32);3-10H,11-13,23H2,1-2H3,(H,25,26,29);2-9H,10-12,23H2,1H3,(H,25,26,29). The van der Waals surface area contributed by atoms with Crippen LogP contribution in [0.25, 0.3) is 45.0 Å². The van der Waals surface area contributed by atoms with E-state index in [0.29, 0.717) is 121 Å². The number of anilines is 8. The molecule has 0 spiro atoms. The van der Waals surface area contributed by atoms with Crippen molar-refractivity contribution in [1.82, 2.24) is 73.6 Å². The van der Waals surface area contributed by atoms with Crippen molar-refractivity contribution < 1.29 is 72.2 Å². The first-order valence-electron chi connectivity index (χ1n) is 38.0. The molecule has 4 fully saturated rings. The fraction of sp³-hybridized carbons (Fsp3) is 0.250. The normalized spacial score (nSPS) is 14.6. The smallest absolute Gasteiger partial charge is 0.396 e. The zero-order chi connectivity index (χ0) is 87.7. The number of nitrogen functional groups attached to an aromatic ring is 4. The maximum Gasteiger partial charge on any atom is 0.419 e. The van der Waals surface area contributed by atoms with Gasteiger partial charge in [-0.05, 0) is 170 Å². The van der Waals surface area contributed by atoms with Gasteiger partial charge in [0, 0.05) is 144 Å². The number of carbonyl (C=O) groups excluding carboxylic acids is 4. The number of benzene rings is 4. The van der Waals surface area contributed by atoms with Gasteiger partial charge >= 0.3 is 36.5 Å². The van der Waals surface area contributed by atoms with Crippen LogP contribution in [0.4, 0.5) is 113 Å². The zero-order valence-electron chi connectivity index (χ0n) is 65.9. The third-order valence-corrected chi connectivity index (χ3v) is 20.5. The first-order chi connectivity index (χ1) is 58.6. The van der Waals surface area contributed by atoms with Crippen molar-refractivity contribution in [1.29, 1.82) is 0 Å². The predicted octanol–water partition coefficient (Wildman–Crippen LogP) is 14.3. The first-order valence-corrected chi connectivity index (χ1v) is 38.0. The molecule has 4 aliphatic heterocycles. The van der Waals surface area contributed by atoms with E-state index in [2.05, 4.69) is 66.1 Å². The van der Waals surface area contributed by atoms with Crippen molar-refractivity contribution in [3.63, 3.8) is 0 Å². The molecule has 0 unspecified atom stereocenters. The monoisotopic (exact) mass is 1700 g/mol. The average molecular weight is 1700 g/mol. The van der Waals surface area contributed by atoms with Crippen molar-refractivity contribution in [3.8, 4) is 45.0 Å². The second-order valence-electron chi connectivity index (χ2n) is 29.7. The molecule has 28 nitrogen and oxygen atoms in total. The molecule has 4 aromatic carbocycles. The Bertz CT molecular complexity index is 5550. The van der Waals surface area contributed by atoms with Crippen molar-refractivity contribution >= 4 is 70.1 Å². The van der Waals surface area contributed by atoms with Crippen molar-refractivity contribution in [2.75, 3.05) is 104 Å². The molecule has 123 heavy (non-hydrogen) atoms. The van der Waals surface area contributed by atoms with Crippen LogP contribution in [-0.4, -0.2) is 168 Å². The van der Waals surface area contributed by atoms with Gasteiger partial charge in [0.1, 0.15) is 46.3 Å². The van der Waals surface area contributed by atoms with Crippen LogP contribution in [0, 0.1) is 35.1 Å². The summed E-state index contributed by atoms with van der Waals surface area (Å²) in [6, 6.07) is 37.4. The minimum absolute atomic E-state index is 0.0355. The number of nitrogens with one attached hydrogen (secondary N) is 4. The van der Waals surface area contributed by atoms with E-state index in [1.165, 1.54) is 64.4 Å². The van der Waals surface area contributed by atoms with Crippen LogP contribution in [0.1, 0.15) is 34.3 Å². The number of rotatable bonds is 17. The summed E-state index contributed by atoms with van der Waals surface area (Å²) in [4.78, 5) is 93.6. The quantitative estimate of drug-likeness (QED) is 0.0393. The number of aryl methyl sites for hydroxylation is 2. The molecular formula is C84H80F11N23O5. The van der Waals surface area contributed by atoms with Gasteiger partial charge in [-0.3, -0.25) is 26.3 Å². The molecule has 8 aromatic heterocycles. The van der Waals surface area contributed by atoms with E-state index >= 15 is 0 Å². The van der Waals surface area contributed by atoms with E-state index in [9.17, 15) is 67.5 Å². The molecule has 0 radical (unpaired) electrons. The van der Waals surface area contributed by atoms with Gasteiger partial charge < -0.3 is 56.4 Å². The summed E-state index contributed by atoms with van der Waals surface area (Å²) in [6.45, 7) is 2.45. The third kappa shape index (κ3) is 21.8. The molecule has 0 saturated carbocycles. The molecule has 8 amide bonds. The van der Waals surface area contributed by atoms with Crippen molar-refractivity contribution in [3.05, 3.63) is 259 Å². The molecule has 4 aliphatic rings. The van der Waals surface area contributed by atoms with E-state index in [4.69, 9.17) is 27.7 Å². The van der Waals surface area contributed by atoms with Gasteiger partial charge in [-0.25, -0.2) is 81.0 Å². The van der Waals surface area contributed by atoms with Gasteiger partial charge in [-0.2, -0.15) is 26.3 Å². The number of urea groups is 4. The molecule has 0 atom stereocenters. The minimum atomic E-state index is -4.48. The Labute approximate surface area is 695 Å². The van der Waals surface area contributed by atoms with Gasteiger partial charge in [-0.15, -0.1) is 0 Å². The second kappa shape index (κ2) is 36.7. The van der Waals surface area contributed by atoms with Crippen LogP contribution in [0.2, 0.25) is 0 Å². The number of likely N-dealkylation sites (tertiary alicyclic amines) is 4. The van der Waals surface area contributed by atoms with Gasteiger partial charge in [0.15, 0.2) is 28.9 Å². The Morgan fingerprint density at radius 2 is 0.740 bits per heavy atom. The lowest BCUT2D eigenvalue weighted by atomic mass is 9.90. The number of hydrogen-bond acceptors (Lipinski definition) is 18. The lowest BCUT2D eigenvalue weighted by Crippen LogP contribution is -2.66. The van der Waals surface area contributed by atoms with Gasteiger partial charge in [-0.1, -0.05) is 0 Å². The fourth-order valence-electron chi connectivity index (χ4n) is 13.4. The second-order valence-corrected chi connectivity index (χ2v) is 29.7.